The molecule has 1 aromatic heterocycles. The second-order valence-corrected chi connectivity index (χ2v) is 4.70. The molecule has 0 radical (unpaired) electrons. The predicted octanol–water partition coefficient (Wildman–Crippen LogP) is 1.63. The van der Waals surface area contributed by atoms with Crippen LogP contribution in [0.25, 0.3) is 0 Å². The molecule has 0 unspecified atom stereocenters. The molecule has 2 N–H and O–H groups in total. The lowest BCUT2D eigenvalue weighted by molar-refractivity contribution is 0.688. The highest BCUT2D eigenvalue weighted by Crippen LogP contribution is 1.98. The lowest BCUT2D eigenvalue weighted by Gasteiger charge is -2.10. The topological polar surface area (TPSA) is 41.9 Å². The van der Waals surface area contributed by atoms with Gasteiger partial charge in [-0.1, -0.05) is 30.3 Å². The number of thiocarbonyl (C=S) groups is 1. The summed E-state index contributed by atoms with van der Waals surface area (Å²) in [5.41, 5.74) is 2.41. The molecule has 1 heterocycles. The molecule has 0 spiro atoms. The fourth-order valence-corrected chi connectivity index (χ4v) is 1.95. The van der Waals surface area contributed by atoms with Gasteiger partial charge in [-0.05, 0) is 30.3 Å². The van der Waals surface area contributed by atoms with Crippen molar-refractivity contribution < 1.29 is 0 Å². The van der Waals surface area contributed by atoms with Crippen molar-refractivity contribution in [3.63, 3.8) is 0 Å². The summed E-state index contributed by atoms with van der Waals surface area (Å²) >= 11 is 5.23. The molecule has 5 heteroatoms. The minimum Gasteiger partial charge on any atom is -0.362 e. The van der Waals surface area contributed by atoms with Crippen molar-refractivity contribution in [3.05, 3.63) is 53.9 Å². The van der Waals surface area contributed by atoms with E-state index in [0.717, 1.165) is 18.7 Å². The van der Waals surface area contributed by atoms with Crippen LogP contribution in [0.15, 0.2) is 42.6 Å². The first-order valence-corrected chi connectivity index (χ1v) is 6.69. The number of rotatable bonds is 5. The van der Waals surface area contributed by atoms with Gasteiger partial charge in [0.1, 0.15) is 0 Å². The first kappa shape index (κ1) is 13.5. The first-order chi connectivity index (χ1) is 9.25. The zero-order chi connectivity index (χ0) is 13.5. The Morgan fingerprint density at radius 2 is 2.00 bits per heavy atom. The van der Waals surface area contributed by atoms with Gasteiger partial charge in [0.05, 0.1) is 12.2 Å². The Labute approximate surface area is 118 Å². The largest absolute Gasteiger partial charge is 0.362 e. The van der Waals surface area contributed by atoms with Crippen molar-refractivity contribution in [2.24, 2.45) is 7.05 Å². The maximum absolute atomic E-state index is 5.23. The Bertz CT molecular complexity index is 521. The summed E-state index contributed by atoms with van der Waals surface area (Å²) in [6, 6.07) is 12.3. The first-order valence-electron chi connectivity index (χ1n) is 6.28. The highest BCUT2D eigenvalue weighted by Gasteiger charge is 2.00. The van der Waals surface area contributed by atoms with Gasteiger partial charge in [-0.3, -0.25) is 4.68 Å². The number of nitrogens with zero attached hydrogens (tertiary/aromatic N) is 2. The zero-order valence-electron chi connectivity index (χ0n) is 11.0. The van der Waals surface area contributed by atoms with E-state index in [4.69, 9.17) is 12.2 Å². The number of aryl methyl sites for hydroxylation is 1. The van der Waals surface area contributed by atoms with Crippen LogP contribution in [0.1, 0.15) is 11.3 Å². The van der Waals surface area contributed by atoms with Crippen LogP contribution in [0.3, 0.4) is 0 Å². The van der Waals surface area contributed by atoms with Crippen molar-refractivity contribution in [2.45, 2.75) is 13.0 Å². The molecule has 1 aromatic carbocycles. The molecule has 2 aromatic rings. The van der Waals surface area contributed by atoms with E-state index in [-0.39, 0.29) is 0 Å². The minimum atomic E-state index is 0.678. The number of benzene rings is 1. The second-order valence-electron chi connectivity index (χ2n) is 4.29. The van der Waals surface area contributed by atoms with E-state index in [2.05, 4.69) is 27.9 Å². The lowest BCUT2D eigenvalue weighted by atomic mass is 10.1. The van der Waals surface area contributed by atoms with E-state index in [0.29, 0.717) is 11.7 Å². The monoisotopic (exact) mass is 274 g/mol. The second kappa shape index (κ2) is 6.89. The van der Waals surface area contributed by atoms with Crippen LogP contribution in [0.4, 0.5) is 0 Å². The molecular weight excluding hydrogens is 256 g/mol. The van der Waals surface area contributed by atoms with E-state index in [9.17, 15) is 0 Å². The molecule has 0 aliphatic heterocycles. The molecule has 0 saturated carbocycles. The van der Waals surface area contributed by atoms with Gasteiger partial charge in [-0.25, -0.2) is 0 Å². The molecule has 0 aliphatic carbocycles. The third-order valence-electron chi connectivity index (χ3n) is 2.89. The summed E-state index contributed by atoms with van der Waals surface area (Å²) in [5, 5.41) is 11.2. The average molecular weight is 274 g/mol. The summed E-state index contributed by atoms with van der Waals surface area (Å²) in [7, 11) is 1.92. The van der Waals surface area contributed by atoms with Crippen molar-refractivity contribution in [1.82, 2.24) is 20.4 Å². The van der Waals surface area contributed by atoms with E-state index in [1.165, 1.54) is 5.56 Å². The smallest absolute Gasteiger partial charge is 0.166 e. The van der Waals surface area contributed by atoms with Gasteiger partial charge in [0, 0.05) is 19.8 Å². The van der Waals surface area contributed by atoms with Crippen LogP contribution in [-0.4, -0.2) is 21.4 Å². The van der Waals surface area contributed by atoms with Gasteiger partial charge in [-0.15, -0.1) is 0 Å². The lowest BCUT2D eigenvalue weighted by Crippen LogP contribution is -2.36. The zero-order valence-corrected chi connectivity index (χ0v) is 11.8. The minimum absolute atomic E-state index is 0.678. The molecule has 0 atom stereocenters. The van der Waals surface area contributed by atoms with Gasteiger partial charge in [0.15, 0.2) is 5.11 Å². The molecule has 19 heavy (non-hydrogen) atoms. The standard InChI is InChI=1S/C14H18N4S/c1-18-13(8-10-17-18)11-16-14(19)15-9-7-12-5-3-2-4-6-12/h2-6,8,10H,7,9,11H2,1H3,(H2,15,16,19). The average Bonchev–Trinajstić information content (AvgIpc) is 2.83. The summed E-state index contributed by atoms with van der Waals surface area (Å²) in [6.07, 6.45) is 2.75. The van der Waals surface area contributed by atoms with Crippen molar-refractivity contribution in [2.75, 3.05) is 6.54 Å². The Balaban J connectivity index is 1.66. The Kier molecular flexibility index (Phi) is 4.92. The van der Waals surface area contributed by atoms with Crippen molar-refractivity contribution in [3.8, 4) is 0 Å². The molecular formula is C14H18N4S. The normalized spacial score (nSPS) is 10.2. The quantitative estimate of drug-likeness (QED) is 0.813. The van der Waals surface area contributed by atoms with Crippen LogP contribution < -0.4 is 10.6 Å². The van der Waals surface area contributed by atoms with Gasteiger partial charge in [-0.2, -0.15) is 5.10 Å². The number of hydrogen-bond acceptors (Lipinski definition) is 2. The van der Waals surface area contributed by atoms with Gasteiger partial charge >= 0.3 is 0 Å². The fourth-order valence-electron chi connectivity index (χ4n) is 1.77. The molecule has 4 nitrogen and oxygen atoms in total. The summed E-state index contributed by atoms with van der Waals surface area (Å²) in [4.78, 5) is 0. The summed E-state index contributed by atoms with van der Waals surface area (Å²) in [5.74, 6) is 0. The highest BCUT2D eigenvalue weighted by molar-refractivity contribution is 7.80. The van der Waals surface area contributed by atoms with E-state index >= 15 is 0 Å². The van der Waals surface area contributed by atoms with E-state index in [1.807, 2.05) is 36.0 Å². The van der Waals surface area contributed by atoms with Crippen molar-refractivity contribution in [1.29, 1.82) is 0 Å². The van der Waals surface area contributed by atoms with Crippen molar-refractivity contribution >= 4 is 17.3 Å². The summed E-state index contributed by atoms with van der Waals surface area (Å²) in [6.45, 7) is 1.52. The number of aromatic nitrogens is 2. The Hall–Kier alpha value is -1.88. The Morgan fingerprint density at radius 3 is 2.68 bits per heavy atom. The molecule has 0 fully saturated rings. The third kappa shape index (κ3) is 4.37. The maximum atomic E-state index is 5.23. The summed E-state index contributed by atoms with van der Waals surface area (Å²) < 4.78 is 1.83. The van der Waals surface area contributed by atoms with Crippen LogP contribution >= 0.6 is 12.2 Å². The van der Waals surface area contributed by atoms with Crippen LogP contribution in [0.5, 0.6) is 0 Å². The van der Waals surface area contributed by atoms with E-state index < -0.39 is 0 Å². The predicted molar refractivity (Wildman–Crippen MR) is 80.8 cm³/mol. The number of hydrogen-bond donors (Lipinski definition) is 2. The van der Waals surface area contributed by atoms with Crippen LogP contribution in [0, 0.1) is 0 Å². The maximum Gasteiger partial charge on any atom is 0.166 e. The van der Waals surface area contributed by atoms with Gasteiger partial charge in [0.2, 0.25) is 0 Å². The van der Waals surface area contributed by atoms with Gasteiger partial charge < -0.3 is 10.6 Å². The molecule has 0 bridgehead atoms. The third-order valence-corrected chi connectivity index (χ3v) is 3.18. The SMILES string of the molecule is Cn1nccc1CNC(=S)NCCc1ccccc1. The van der Waals surface area contributed by atoms with Crippen LogP contribution in [-0.2, 0) is 20.0 Å². The van der Waals surface area contributed by atoms with E-state index in [1.54, 1.807) is 6.20 Å². The molecule has 100 valence electrons. The highest BCUT2D eigenvalue weighted by atomic mass is 32.1. The molecule has 0 aliphatic rings. The van der Waals surface area contributed by atoms with Gasteiger partial charge in [0.25, 0.3) is 0 Å². The molecule has 0 amide bonds. The molecule has 0 saturated heterocycles. The molecule has 2 rings (SSSR count). The Morgan fingerprint density at radius 1 is 1.21 bits per heavy atom. The number of nitrogens with one attached hydrogen (secondary N) is 2. The fraction of sp³-hybridized carbons (Fsp3) is 0.286. The van der Waals surface area contributed by atoms with Crippen LogP contribution in [0.2, 0.25) is 0 Å².